The normalized spacial score (nSPS) is 12.7. The highest BCUT2D eigenvalue weighted by Gasteiger charge is 2.23. The molecule has 3 aromatic carbocycles. The standard InChI is InChI=1S/C19H22N2O4S2.C8H10O3S/c20-15(18(22)23)11-26-27-12-16(21)19(24)25-17(13-7-3-1-4-8-13)14-9-5-2-6-10-14;1-6-4-3-5-8(7(6)2)12(9,10)11/h1-10,15-17H,11-12,20-21H2,(H,22,23);3-5H,1-2H3,(H,9,10,11). The molecule has 3 rings (SSSR count). The lowest BCUT2D eigenvalue weighted by Gasteiger charge is -2.21. The van der Waals surface area contributed by atoms with Gasteiger partial charge in [0.2, 0.25) is 0 Å². The minimum atomic E-state index is -4.06. The van der Waals surface area contributed by atoms with E-state index in [4.69, 9.17) is 25.9 Å². The predicted octanol–water partition coefficient (Wildman–Crippen LogP) is 3.99. The molecule has 0 spiro atoms. The summed E-state index contributed by atoms with van der Waals surface area (Å²) < 4.78 is 36.0. The molecule has 39 heavy (non-hydrogen) atoms. The molecule has 0 aromatic heterocycles. The average molecular weight is 593 g/mol. The van der Waals surface area contributed by atoms with Crippen molar-refractivity contribution in [1.29, 1.82) is 0 Å². The van der Waals surface area contributed by atoms with Crippen molar-refractivity contribution in [3.8, 4) is 0 Å². The van der Waals surface area contributed by atoms with Crippen LogP contribution in [-0.4, -0.2) is 53.6 Å². The topological polar surface area (TPSA) is 170 Å². The largest absolute Gasteiger partial charge is 0.480 e. The first-order valence-electron chi connectivity index (χ1n) is 11.7. The first kappa shape index (κ1) is 32.3. The van der Waals surface area contributed by atoms with Gasteiger partial charge in [-0.05, 0) is 42.2 Å². The number of carbonyl (C=O) groups is 2. The summed E-state index contributed by atoms with van der Waals surface area (Å²) in [5.41, 5.74) is 14.5. The fourth-order valence-electron chi connectivity index (χ4n) is 3.17. The number of rotatable bonds is 11. The Morgan fingerprint density at radius 2 is 1.31 bits per heavy atom. The highest BCUT2D eigenvalue weighted by Crippen LogP contribution is 2.27. The average Bonchev–Trinajstić information content (AvgIpc) is 2.91. The number of benzene rings is 3. The van der Waals surface area contributed by atoms with Gasteiger partial charge < -0.3 is 21.3 Å². The Morgan fingerprint density at radius 3 is 1.74 bits per heavy atom. The lowest BCUT2D eigenvalue weighted by molar-refractivity contribution is -0.148. The van der Waals surface area contributed by atoms with Gasteiger partial charge in [-0.1, -0.05) is 94.4 Å². The van der Waals surface area contributed by atoms with Crippen LogP contribution in [0.15, 0.2) is 83.8 Å². The molecule has 0 saturated carbocycles. The second-order valence-corrected chi connectivity index (χ2v) is 12.4. The number of hydrogen-bond acceptors (Lipinski definition) is 9. The van der Waals surface area contributed by atoms with Crippen molar-refractivity contribution in [2.75, 3.05) is 11.5 Å². The summed E-state index contributed by atoms with van der Waals surface area (Å²) >= 11 is 0. The highest BCUT2D eigenvalue weighted by molar-refractivity contribution is 8.76. The van der Waals surface area contributed by atoms with Crippen molar-refractivity contribution in [1.82, 2.24) is 0 Å². The quantitative estimate of drug-likeness (QED) is 0.110. The molecule has 0 aliphatic carbocycles. The molecule has 6 N–H and O–H groups in total. The van der Waals surface area contributed by atoms with E-state index in [2.05, 4.69) is 0 Å². The molecule has 0 heterocycles. The van der Waals surface area contributed by atoms with Crippen LogP contribution in [0.5, 0.6) is 0 Å². The zero-order valence-electron chi connectivity index (χ0n) is 21.5. The van der Waals surface area contributed by atoms with Crippen molar-refractivity contribution in [3.63, 3.8) is 0 Å². The Labute approximate surface area is 236 Å². The third-order valence-corrected chi connectivity index (χ3v) is 8.94. The second kappa shape index (κ2) is 15.7. The molecule has 0 amide bonds. The molecule has 2 atom stereocenters. The second-order valence-electron chi connectivity index (χ2n) is 8.43. The summed E-state index contributed by atoms with van der Waals surface area (Å²) in [4.78, 5) is 23.1. The first-order chi connectivity index (χ1) is 18.4. The summed E-state index contributed by atoms with van der Waals surface area (Å²) in [5, 5.41) is 8.75. The number of ether oxygens (including phenoxy) is 1. The molecule has 0 aliphatic heterocycles. The van der Waals surface area contributed by atoms with Crippen molar-refractivity contribution in [2.45, 2.75) is 36.9 Å². The van der Waals surface area contributed by atoms with Crippen molar-refractivity contribution in [3.05, 3.63) is 101 Å². The van der Waals surface area contributed by atoms with Gasteiger partial charge in [0.25, 0.3) is 10.1 Å². The number of aliphatic carboxylic acids is 1. The molecule has 0 fully saturated rings. The minimum absolute atomic E-state index is 0.0116. The van der Waals surface area contributed by atoms with Gasteiger partial charge >= 0.3 is 11.9 Å². The number of carboxylic acids is 1. The molecule has 0 bridgehead atoms. The van der Waals surface area contributed by atoms with E-state index in [1.54, 1.807) is 26.0 Å². The Hall–Kier alpha value is -2.87. The van der Waals surface area contributed by atoms with Gasteiger partial charge in [0.1, 0.15) is 12.1 Å². The number of aryl methyl sites for hydroxylation is 1. The van der Waals surface area contributed by atoms with E-state index < -0.39 is 40.2 Å². The third kappa shape index (κ3) is 10.7. The van der Waals surface area contributed by atoms with Crippen LogP contribution in [0.25, 0.3) is 0 Å². The molecule has 0 radical (unpaired) electrons. The first-order valence-corrected chi connectivity index (χ1v) is 15.7. The third-order valence-electron chi connectivity index (χ3n) is 5.47. The Kier molecular flexibility index (Phi) is 13.0. The zero-order chi connectivity index (χ0) is 29.0. The number of carboxylic acid groups (broad SMARTS) is 1. The van der Waals surface area contributed by atoms with Crippen LogP contribution in [0.4, 0.5) is 0 Å². The van der Waals surface area contributed by atoms with Crippen LogP contribution in [0.1, 0.15) is 28.4 Å². The predicted molar refractivity (Wildman–Crippen MR) is 155 cm³/mol. The van der Waals surface area contributed by atoms with Crippen LogP contribution in [0.2, 0.25) is 0 Å². The van der Waals surface area contributed by atoms with Gasteiger partial charge in [0, 0.05) is 11.5 Å². The van der Waals surface area contributed by atoms with Gasteiger partial charge in [-0.25, -0.2) is 0 Å². The van der Waals surface area contributed by atoms with Crippen molar-refractivity contribution in [2.24, 2.45) is 11.5 Å². The van der Waals surface area contributed by atoms with E-state index in [1.165, 1.54) is 27.7 Å². The van der Waals surface area contributed by atoms with Crippen molar-refractivity contribution < 1.29 is 32.4 Å². The van der Waals surface area contributed by atoms with E-state index in [0.717, 1.165) is 16.7 Å². The van der Waals surface area contributed by atoms with Gasteiger partial charge in [0.05, 0.1) is 4.90 Å². The molecule has 0 saturated heterocycles. The van der Waals surface area contributed by atoms with Gasteiger partial charge in [-0.3, -0.25) is 14.1 Å². The molecule has 210 valence electrons. The van der Waals surface area contributed by atoms with Gasteiger partial charge in [-0.2, -0.15) is 8.42 Å². The summed E-state index contributed by atoms with van der Waals surface area (Å²) in [5.74, 6) is -1.03. The minimum Gasteiger partial charge on any atom is -0.480 e. The van der Waals surface area contributed by atoms with E-state index in [-0.39, 0.29) is 10.6 Å². The fourth-order valence-corrected chi connectivity index (χ4v) is 6.19. The lowest BCUT2D eigenvalue weighted by Crippen LogP contribution is -2.35. The maximum absolute atomic E-state index is 12.4. The number of nitrogens with two attached hydrogens (primary N) is 2. The molecular weight excluding hydrogens is 561 g/mol. The SMILES string of the molecule is Cc1cccc(S(=O)(=O)O)c1C.NC(CSSCC(N)C(=O)OC(c1ccccc1)c1ccccc1)C(=O)O. The number of carbonyl (C=O) groups excluding carboxylic acids is 1. The molecule has 0 aliphatic rings. The van der Waals surface area contributed by atoms with Crippen LogP contribution >= 0.6 is 21.6 Å². The van der Waals surface area contributed by atoms with E-state index in [0.29, 0.717) is 11.3 Å². The fraction of sp³-hybridized carbons (Fsp3) is 0.259. The maximum atomic E-state index is 12.4. The molecule has 3 aromatic rings. The summed E-state index contributed by atoms with van der Waals surface area (Å²) in [6, 6.07) is 22.0. The van der Waals surface area contributed by atoms with Gasteiger partial charge in [-0.15, -0.1) is 0 Å². The van der Waals surface area contributed by atoms with E-state index in [1.807, 2.05) is 60.7 Å². The Bertz CT molecular complexity index is 1280. The number of esters is 1. The van der Waals surface area contributed by atoms with Gasteiger partial charge in [0.15, 0.2) is 6.10 Å². The van der Waals surface area contributed by atoms with Crippen LogP contribution in [0.3, 0.4) is 0 Å². The molecular formula is C27H32N2O7S3. The van der Waals surface area contributed by atoms with E-state index in [9.17, 15) is 18.0 Å². The Balaban J connectivity index is 0.000000370. The maximum Gasteiger partial charge on any atom is 0.324 e. The summed E-state index contributed by atoms with van der Waals surface area (Å²) in [6.07, 6.45) is -0.538. The lowest BCUT2D eigenvalue weighted by atomic mass is 10.0. The number of hydrogen-bond donors (Lipinski definition) is 4. The summed E-state index contributed by atoms with van der Waals surface area (Å²) in [6.45, 7) is 3.46. The monoisotopic (exact) mass is 592 g/mol. The van der Waals surface area contributed by atoms with Crippen molar-refractivity contribution >= 4 is 43.6 Å². The smallest absolute Gasteiger partial charge is 0.324 e. The van der Waals surface area contributed by atoms with Crippen LogP contribution < -0.4 is 11.5 Å². The van der Waals surface area contributed by atoms with E-state index >= 15 is 0 Å². The zero-order valence-corrected chi connectivity index (χ0v) is 23.9. The highest BCUT2D eigenvalue weighted by atomic mass is 33.1. The molecule has 12 heteroatoms. The van der Waals surface area contributed by atoms with Crippen LogP contribution in [-0.2, 0) is 24.4 Å². The van der Waals surface area contributed by atoms with Crippen LogP contribution in [0, 0.1) is 13.8 Å². The Morgan fingerprint density at radius 1 is 0.821 bits per heavy atom. The summed E-state index contributed by atoms with van der Waals surface area (Å²) in [7, 11) is -1.48. The molecule has 2 unspecified atom stereocenters. The molecule has 9 nitrogen and oxygen atoms in total.